The number of pyridine rings is 1. The molecule has 0 aliphatic rings. The van der Waals surface area contributed by atoms with E-state index in [0.717, 1.165) is 58.2 Å². The number of nitrogens with one attached hydrogen (secondary N) is 1. The van der Waals surface area contributed by atoms with Crippen molar-refractivity contribution in [1.82, 2.24) is 39.7 Å². The Morgan fingerprint density at radius 3 is 2.47 bits per heavy atom. The third-order valence-corrected chi connectivity index (χ3v) is 6.04. The van der Waals surface area contributed by atoms with Crippen LogP contribution in [0.1, 0.15) is 35.3 Å². The van der Waals surface area contributed by atoms with E-state index in [-0.39, 0.29) is 0 Å². The molecule has 162 valence electrons. The molecule has 0 aliphatic heterocycles. The van der Waals surface area contributed by atoms with E-state index in [0.29, 0.717) is 5.82 Å². The number of aryl methyl sites for hydroxylation is 4. The highest BCUT2D eigenvalue weighted by Gasteiger charge is 2.18. The number of hydrogen-bond acceptors (Lipinski definition) is 5. The van der Waals surface area contributed by atoms with Gasteiger partial charge in [0.15, 0.2) is 5.65 Å². The van der Waals surface area contributed by atoms with Gasteiger partial charge in [-0.15, -0.1) is 10.2 Å². The highest BCUT2D eigenvalue weighted by atomic mass is 15.5. The number of hydrogen-bond donors (Lipinski definition) is 1. The van der Waals surface area contributed by atoms with Crippen molar-refractivity contribution >= 4 is 11.2 Å². The first-order chi connectivity index (χ1) is 15.5. The van der Waals surface area contributed by atoms with E-state index in [4.69, 9.17) is 9.97 Å². The second-order valence-electron chi connectivity index (χ2n) is 8.26. The van der Waals surface area contributed by atoms with Crippen LogP contribution in [-0.2, 0) is 20.0 Å². The van der Waals surface area contributed by atoms with Crippen LogP contribution >= 0.6 is 0 Å². The summed E-state index contributed by atoms with van der Waals surface area (Å²) in [4.78, 5) is 9.66. The third-order valence-electron chi connectivity index (χ3n) is 6.04. The van der Waals surface area contributed by atoms with Gasteiger partial charge in [0.1, 0.15) is 11.3 Å². The van der Waals surface area contributed by atoms with Crippen LogP contribution in [0.4, 0.5) is 0 Å². The lowest BCUT2D eigenvalue weighted by Gasteiger charge is -2.11. The Morgan fingerprint density at radius 1 is 1.00 bits per heavy atom. The number of nitrogens with zero attached hydrogens (tertiary/aromatic N) is 7. The van der Waals surface area contributed by atoms with Gasteiger partial charge in [-0.2, -0.15) is 5.21 Å². The van der Waals surface area contributed by atoms with Crippen LogP contribution in [0.25, 0.3) is 33.8 Å². The minimum Gasteiger partial charge on any atom is -0.347 e. The molecule has 0 spiro atoms. The maximum absolute atomic E-state index is 4.86. The van der Waals surface area contributed by atoms with Crippen molar-refractivity contribution in [3.8, 4) is 22.6 Å². The zero-order chi connectivity index (χ0) is 22.4. The molecule has 8 heteroatoms. The van der Waals surface area contributed by atoms with Crippen molar-refractivity contribution in [2.24, 2.45) is 7.05 Å². The average molecular weight is 427 g/mol. The number of benzene rings is 1. The van der Waals surface area contributed by atoms with Gasteiger partial charge in [-0.3, -0.25) is 0 Å². The van der Waals surface area contributed by atoms with E-state index >= 15 is 0 Å². The van der Waals surface area contributed by atoms with Gasteiger partial charge in [-0.1, -0.05) is 31.2 Å². The Kier molecular flexibility index (Phi) is 4.84. The lowest BCUT2D eigenvalue weighted by atomic mass is 10.1. The zero-order valence-electron chi connectivity index (χ0n) is 19.0. The quantitative estimate of drug-likeness (QED) is 0.456. The van der Waals surface area contributed by atoms with Gasteiger partial charge in [0.05, 0.1) is 12.2 Å². The number of imidazole rings is 1. The van der Waals surface area contributed by atoms with Gasteiger partial charge in [0, 0.05) is 30.4 Å². The van der Waals surface area contributed by atoms with Gasteiger partial charge in [0.25, 0.3) is 0 Å². The van der Waals surface area contributed by atoms with Gasteiger partial charge in [-0.25, -0.2) is 9.97 Å². The van der Waals surface area contributed by atoms with Crippen LogP contribution in [0.2, 0.25) is 0 Å². The van der Waals surface area contributed by atoms with E-state index in [1.165, 1.54) is 11.1 Å². The number of fused-ring (bicyclic) bond motifs is 1. The zero-order valence-corrected chi connectivity index (χ0v) is 19.0. The lowest BCUT2D eigenvalue weighted by Crippen LogP contribution is -2.05. The second-order valence-corrected chi connectivity index (χ2v) is 8.26. The van der Waals surface area contributed by atoms with Gasteiger partial charge in [0.2, 0.25) is 5.82 Å². The summed E-state index contributed by atoms with van der Waals surface area (Å²) in [5.74, 6) is 1.66. The molecule has 0 unspecified atom stereocenters. The average Bonchev–Trinajstić information content (AvgIpc) is 3.49. The highest BCUT2D eigenvalue weighted by molar-refractivity contribution is 5.79. The molecule has 1 N–H and O–H groups in total. The Balaban J connectivity index is 1.53. The first kappa shape index (κ1) is 20.1. The molecule has 4 aromatic heterocycles. The molecule has 0 saturated carbocycles. The first-order valence-electron chi connectivity index (χ1n) is 10.8. The van der Waals surface area contributed by atoms with Crippen LogP contribution in [-0.4, -0.2) is 39.7 Å². The molecule has 8 nitrogen and oxygen atoms in total. The van der Waals surface area contributed by atoms with E-state index in [1.807, 2.05) is 6.92 Å². The predicted molar refractivity (Wildman–Crippen MR) is 124 cm³/mol. The van der Waals surface area contributed by atoms with E-state index in [9.17, 15) is 0 Å². The van der Waals surface area contributed by atoms with Gasteiger partial charge >= 0.3 is 0 Å². The molecule has 0 atom stereocenters. The molecule has 0 saturated heterocycles. The SMILES string of the molecule is CCc1nc2c(C)cc(C)nc2n1Cc1ccc(-c2c(-c3nn[nH]n3)cc(C)n2C)cc1. The summed E-state index contributed by atoms with van der Waals surface area (Å²) < 4.78 is 4.40. The van der Waals surface area contributed by atoms with Crippen molar-refractivity contribution < 1.29 is 0 Å². The minimum atomic E-state index is 0.599. The molecule has 0 amide bonds. The summed E-state index contributed by atoms with van der Waals surface area (Å²) >= 11 is 0. The summed E-state index contributed by atoms with van der Waals surface area (Å²) in [6.45, 7) is 9.09. The number of tetrazole rings is 1. The monoisotopic (exact) mass is 426 g/mol. The lowest BCUT2D eigenvalue weighted by molar-refractivity contribution is 0.745. The van der Waals surface area contributed by atoms with E-state index in [1.54, 1.807) is 0 Å². The largest absolute Gasteiger partial charge is 0.347 e. The van der Waals surface area contributed by atoms with Crippen molar-refractivity contribution in [3.05, 3.63) is 64.7 Å². The first-order valence-corrected chi connectivity index (χ1v) is 10.8. The summed E-state index contributed by atoms with van der Waals surface area (Å²) in [7, 11) is 2.06. The maximum atomic E-state index is 4.86. The third kappa shape index (κ3) is 3.28. The van der Waals surface area contributed by atoms with Crippen LogP contribution < -0.4 is 0 Å². The van der Waals surface area contributed by atoms with Crippen molar-refractivity contribution in [2.45, 2.75) is 40.7 Å². The summed E-state index contributed by atoms with van der Waals surface area (Å²) in [5, 5.41) is 14.6. The van der Waals surface area contributed by atoms with Gasteiger partial charge in [-0.05, 0) is 54.8 Å². The minimum absolute atomic E-state index is 0.599. The number of aromatic nitrogens is 8. The van der Waals surface area contributed by atoms with Gasteiger partial charge < -0.3 is 9.13 Å². The fraction of sp³-hybridized carbons (Fsp3) is 0.292. The van der Waals surface area contributed by atoms with Crippen LogP contribution in [0.3, 0.4) is 0 Å². The van der Waals surface area contributed by atoms with Crippen LogP contribution in [0, 0.1) is 20.8 Å². The second kappa shape index (κ2) is 7.71. The molecule has 4 heterocycles. The molecule has 1 aromatic carbocycles. The number of H-pyrrole nitrogens is 1. The Hall–Kier alpha value is -3.81. The van der Waals surface area contributed by atoms with Crippen molar-refractivity contribution in [1.29, 1.82) is 0 Å². The van der Waals surface area contributed by atoms with Crippen LogP contribution in [0.15, 0.2) is 36.4 Å². The Labute approximate surface area is 186 Å². The number of rotatable bonds is 5. The molecule has 5 rings (SSSR count). The maximum Gasteiger partial charge on any atom is 0.206 e. The van der Waals surface area contributed by atoms with E-state index in [2.05, 4.69) is 94.0 Å². The molecular weight excluding hydrogens is 400 g/mol. The normalized spacial score (nSPS) is 11.5. The summed E-state index contributed by atoms with van der Waals surface area (Å²) in [6.07, 6.45) is 0.865. The Morgan fingerprint density at radius 2 is 1.78 bits per heavy atom. The molecule has 0 bridgehead atoms. The molecule has 5 aromatic rings. The smallest absolute Gasteiger partial charge is 0.206 e. The standard InChI is InChI=1S/C24H26N8/c1-6-20-26-21-14(2)11-15(3)25-24(21)32(20)13-17-7-9-18(10-8-17)22-19(12-16(4)31(22)5)23-27-29-30-28-23/h7-12H,6,13H2,1-5H3,(H,27,28,29,30). The topological polar surface area (TPSA) is 90.1 Å². The predicted octanol–water partition coefficient (Wildman–Crippen LogP) is 4.15. The van der Waals surface area contributed by atoms with Crippen LogP contribution in [0.5, 0.6) is 0 Å². The van der Waals surface area contributed by atoms with E-state index < -0.39 is 0 Å². The fourth-order valence-electron chi connectivity index (χ4n) is 4.36. The summed E-state index contributed by atoms with van der Waals surface area (Å²) in [5.41, 5.74) is 9.64. The molecule has 0 fully saturated rings. The number of aromatic amines is 1. The molecule has 0 aliphatic carbocycles. The molecule has 32 heavy (non-hydrogen) atoms. The fourth-order valence-corrected chi connectivity index (χ4v) is 4.36. The molecular formula is C24H26N8. The highest BCUT2D eigenvalue weighted by Crippen LogP contribution is 2.33. The summed E-state index contributed by atoms with van der Waals surface area (Å²) in [6, 6.07) is 12.8. The van der Waals surface area contributed by atoms with Crippen molar-refractivity contribution in [2.75, 3.05) is 0 Å². The Bertz CT molecular complexity index is 1410. The molecule has 0 radical (unpaired) electrons. The van der Waals surface area contributed by atoms with Crippen molar-refractivity contribution in [3.63, 3.8) is 0 Å².